The van der Waals surface area contributed by atoms with Gasteiger partial charge in [-0.25, -0.2) is 4.89 Å². The van der Waals surface area contributed by atoms with E-state index in [9.17, 15) is 5.11 Å². The van der Waals surface area contributed by atoms with Gasteiger partial charge in [-0.3, -0.25) is 4.98 Å². The zero-order valence-corrected chi connectivity index (χ0v) is 12.0. The molecule has 0 saturated carbocycles. The molecule has 0 bridgehead atoms. The van der Waals surface area contributed by atoms with Crippen molar-refractivity contribution in [1.29, 1.82) is 0 Å². The zero-order chi connectivity index (χ0) is 14.8. The summed E-state index contributed by atoms with van der Waals surface area (Å²) in [7, 11) is 0. The molecule has 1 N–H and O–H groups in total. The van der Waals surface area contributed by atoms with Gasteiger partial charge < -0.3 is 5.11 Å². The van der Waals surface area contributed by atoms with Gasteiger partial charge in [-0.2, -0.15) is 4.89 Å². The molecule has 0 aliphatic carbocycles. The number of nitrogens with zero attached hydrogens (tertiary/aromatic N) is 1. The van der Waals surface area contributed by atoms with E-state index in [1.165, 1.54) is 0 Å². The Kier molecular flexibility index (Phi) is 4.18. The number of rotatable bonds is 5. The quantitative estimate of drug-likeness (QED) is 0.392. The highest BCUT2D eigenvalue weighted by atomic mass is 17.2. The van der Waals surface area contributed by atoms with Crippen LogP contribution >= 0.6 is 0 Å². The Hall–Kier alpha value is -1.75. The molecule has 0 fully saturated rings. The monoisotopic (exact) mass is 273 g/mol. The van der Waals surface area contributed by atoms with E-state index in [2.05, 4.69) is 11.6 Å². The van der Waals surface area contributed by atoms with Crippen LogP contribution in [0.3, 0.4) is 0 Å². The molecule has 0 radical (unpaired) electrons. The lowest BCUT2D eigenvalue weighted by Crippen LogP contribution is -2.26. The molecule has 0 aliphatic rings. The molecule has 4 heteroatoms. The van der Waals surface area contributed by atoms with Crippen LogP contribution in [0.1, 0.15) is 32.6 Å². The van der Waals surface area contributed by atoms with Crippen LogP contribution in [0, 0.1) is 0 Å². The summed E-state index contributed by atoms with van der Waals surface area (Å²) in [4.78, 5) is 14.7. The lowest BCUT2D eigenvalue weighted by molar-refractivity contribution is -0.409. The van der Waals surface area contributed by atoms with E-state index in [-0.39, 0.29) is 0 Å². The third-order valence-corrected chi connectivity index (χ3v) is 3.32. The van der Waals surface area contributed by atoms with Crippen LogP contribution in [0.25, 0.3) is 10.9 Å². The standard InChI is InChI=1S/C16H19NO3/c1-11(2)16(3,4)20-19-15(18)13-9-10-17-14-8-6-5-7-12(13)14/h5-10,15,18H,1H2,2-4H3. The topological polar surface area (TPSA) is 51.6 Å². The van der Waals surface area contributed by atoms with Crippen LogP contribution in [-0.4, -0.2) is 15.7 Å². The summed E-state index contributed by atoms with van der Waals surface area (Å²) in [5, 5.41) is 11.0. The van der Waals surface area contributed by atoms with Gasteiger partial charge in [-0.15, -0.1) is 0 Å². The van der Waals surface area contributed by atoms with Crippen LogP contribution in [0.5, 0.6) is 0 Å². The second-order valence-electron chi connectivity index (χ2n) is 5.24. The second kappa shape index (κ2) is 5.71. The summed E-state index contributed by atoms with van der Waals surface area (Å²) in [6, 6.07) is 9.26. The lowest BCUT2D eigenvalue weighted by atomic mass is 10.0. The molecule has 4 nitrogen and oxygen atoms in total. The predicted molar refractivity (Wildman–Crippen MR) is 77.8 cm³/mol. The van der Waals surface area contributed by atoms with Crippen molar-refractivity contribution in [3.63, 3.8) is 0 Å². The first-order valence-electron chi connectivity index (χ1n) is 6.44. The van der Waals surface area contributed by atoms with Crippen molar-refractivity contribution in [3.8, 4) is 0 Å². The fraction of sp³-hybridized carbons (Fsp3) is 0.312. The fourth-order valence-electron chi connectivity index (χ4n) is 1.62. The molecule has 1 unspecified atom stereocenters. The fourth-order valence-corrected chi connectivity index (χ4v) is 1.62. The number of aliphatic hydroxyl groups excluding tert-OH is 1. The van der Waals surface area contributed by atoms with Gasteiger partial charge in [0.05, 0.1) is 5.52 Å². The van der Waals surface area contributed by atoms with E-state index in [1.54, 1.807) is 12.3 Å². The molecular formula is C16H19NO3. The second-order valence-corrected chi connectivity index (χ2v) is 5.24. The van der Waals surface area contributed by atoms with E-state index in [1.807, 2.05) is 45.0 Å². The van der Waals surface area contributed by atoms with Gasteiger partial charge in [-0.05, 0) is 38.5 Å². The van der Waals surface area contributed by atoms with Crippen molar-refractivity contribution in [2.24, 2.45) is 0 Å². The minimum atomic E-state index is -1.18. The molecule has 1 atom stereocenters. The van der Waals surface area contributed by atoms with Gasteiger partial charge in [0, 0.05) is 17.1 Å². The summed E-state index contributed by atoms with van der Waals surface area (Å²) >= 11 is 0. The van der Waals surface area contributed by atoms with E-state index in [4.69, 9.17) is 9.78 Å². The molecule has 1 aromatic carbocycles. The summed E-state index contributed by atoms with van der Waals surface area (Å²) < 4.78 is 0. The minimum absolute atomic E-state index is 0.619. The molecule has 0 aliphatic heterocycles. The summed E-state index contributed by atoms with van der Waals surface area (Å²) in [6.07, 6.45) is 0.454. The van der Waals surface area contributed by atoms with Crippen LogP contribution < -0.4 is 0 Å². The Bertz CT molecular complexity index is 617. The Morgan fingerprint density at radius 3 is 2.70 bits per heavy atom. The Balaban J connectivity index is 2.20. The number of pyridine rings is 1. The highest BCUT2D eigenvalue weighted by molar-refractivity contribution is 5.81. The Morgan fingerprint density at radius 1 is 1.30 bits per heavy atom. The minimum Gasteiger partial charge on any atom is -0.362 e. The van der Waals surface area contributed by atoms with E-state index in [0.717, 1.165) is 16.5 Å². The van der Waals surface area contributed by atoms with Crippen molar-refractivity contribution in [2.45, 2.75) is 32.7 Å². The van der Waals surface area contributed by atoms with Crippen molar-refractivity contribution in [2.75, 3.05) is 0 Å². The number of hydrogen-bond donors (Lipinski definition) is 1. The highest BCUT2D eigenvalue weighted by Gasteiger charge is 2.23. The first kappa shape index (κ1) is 14.7. The zero-order valence-electron chi connectivity index (χ0n) is 12.0. The number of benzene rings is 1. The first-order valence-corrected chi connectivity index (χ1v) is 6.44. The Labute approximate surface area is 118 Å². The van der Waals surface area contributed by atoms with Gasteiger partial charge in [0.2, 0.25) is 6.29 Å². The molecule has 1 aromatic heterocycles. The van der Waals surface area contributed by atoms with Crippen molar-refractivity contribution in [1.82, 2.24) is 4.98 Å². The number of aromatic nitrogens is 1. The van der Waals surface area contributed by atoms with Crippen molar-refractivity contribution >= 4 is 10.9 Å². The van der Waals surface area contributed by atoms with Gasteiger partial charge >= 0.3 is 0 Å². The molecule has 20 heavy (non-hydrogen) atoms. The normalized spacial score (nSPS) is 13.4. The third kappa shape index (κ3) is 3.04. The van der Waals surface area contributed by atoms with E-state index in [0.29, 0.717) is 5.56 Å². The van der Waals surface area contributed by atoms with E-state index < -0.39 is 11.9 Å². The number of para-hydroxylation sites is 1. The number of fused-ring (bicyclic) bond motifs is 1. The Morgan fingerprint density at radius 2 is 2.00 bits per heavy atom. The summed E-state index contributed by atoms with van der Waals surface area (Å²) in [6.45, 7) is 9.33. The molecule has 0 saturated heterocycles. The molecule has 2 rings (SSSR count). The van der Waals surface area contributed by atoms with Crippen molar-refractivity contribution < 1.29 is 14.9 Å². The van der Waals surface area contributed by atoms with Crippen LogP contribution in [0.4, 0.5) is 0 Å². The number of hydrogen-bond acceptors (Lipinski definition) is 4. The molecule has 106 valence electrons. The highest BCUT2D eigenvalue weighted by Crippen LogP contribution is 2.26. The van der Waals surface area contributed by atoms with Crippen LogP contribution in [-0.2, 0) is 9.78 Å². The van der Waals surface area contributed by atoms with Gasteiger partial charge in [0.25, 0.3) is 0 Å². The molecule has 0 amide bonds. The maximum Gasteiger partial charge on any atom is 0.215 e. The molecule has 0 spiro atoms. The molecular weight excluding hydrogens is 254 g/mol. The maximum absolute atomic E-state index is 10.2. The lowest BCUT2D eigenvalue weighted by Gasteiger charge is -2.25. The average Bonchev–Trinajstić information content (AvgIpc) is 2.44. The van der Waals surface area contributed by atoms with Crippen LogP contribution in [0.15, 0.2) is 48.7 Å². The SMILES string of the molecule is C=C(C)C(C)(C)OOC(O)c1ccnc2ccccc12. The smallest absolute Gasteiger partial charge is 0.215 e. The van der Waals surface area contributed by atoms with Gasteiger partial charge in [0.1, 0.15) is 5.60 Å². The number of aliphatic hydroxyl groups is 1. The maximum atomic E-state index is 10.2. The average molecular weight is 273 g/mol. The molecule has 2 aromatic rings. The predicted octanol–water partition coefficient (Wildman–Crippen LogP) is 3.53. The van der Waals surface area contributed by atoms with Crippen molar-refractivity contribution in [3.05, 3.63) is 54.2 Å². The molecule has 1 heterocycles. The van der Waals surface area contributed by atoms with E-state index >= 15 is 0 Å². The van der Waals surface area contributed by atoms with Crippen LogP contribution in [0.2, 0.25) is 0 Å². The first-order chi connectivity index (χ1) is 9.42. The summed E-state index contributed by atoms with van der Waals surface area (Å²) in [5.74, 6) is 0. The third-order valence-electron chi connectivity index (χ3n) is 3.32. The van der Waals surface area contributed by atoms with Gasteiger partial charge in [0.15, 0.2) is 0 Å². The van der Waals surface area contributed by atoms with Gasteiger partial charge in [-0.1, -0.05) is 24.8 Å². The largest absolute Gasteiger partial charge is 0.362 e. The summed E-state index contributed by atoms with van der Waals surface area (Å²) in [5.41, 5.74) is 1.56.